The summed E-state index contributed by atoms with van der Waals surface area (Å²) in [4.78, 5) is 32.4. The number of hydrogen-bond donors (Lipinski definition) is 3. The molecule has 0 aliphatic carbocycles. The first kappa shape index (κ1) is 18.3. The number of carbonyl (C=O) groups is 3. The summed E-state index contributed by atoms with van der Waals surface area (Å²) in [5.41, 5.74) is 0. The van der Waals surface area contributed by atoms with E-state index >= 15 is 0 Å². The van der Waals surface area contributed by atoms with E-state index in [1.165, 1.54) is 0 Å². The van der Waals surface area contributed by atoms with Gasteiger partial charge in [-0.15, -0.1) is 0 Å². The topological polar surface area (TPSA) is 147 Å². The monoisotopic (exact) mass is 311 g/mol. The van der Waals surface area contributed by atoms with E-state index in [1.54, 1.807) is 0 Å². The van der Waals surface area contributed by atoms with E-state index in [9.17, 15) is 22.8 Å². The molecule has 0 aromatic rings. The maximum Gasteiger partial charge on any atom is 0.325 e. The standard InChI is InChI=1S/C10H17NO8S/c1-6(10(16)19-2)20(17,18)11-7(9(14)15)4-3-5-8(12)13/h6-7,11H,3-5H2,1-2H3,(H,12,13)(H,14,15)/t6?,7-/m1/s1. The molecule has 1 unspecified atom stereocenters. The Morgan fingerprint density at radius 3 is 2.20 bits per heavy atom. The molecule has 0 saturated carbocycles. The van der Waals surface area contributed by atoms with E-state index in [0.717, 1.165) is 14.0 Å². The Hall–Kier alpha value is -1.68. The molecule has 116 valence electrons. The highest BCUT2D eigenvalue weighted by Crippen LogP contribution is 2.07. The third-order valence-corrected chi connectivity index (χ3v) is 4.22. The van der Waals surface area contributed by atoms with Crippen LogP contribution in [0.3, 0.4) is 0 Å². The largest absolute Gasteiger partial charge is 0.481 e. The number of carboxylic acids is 2. The molecule has 0 amide bonds. The zero-order valence-electron chi connectivity index (χ0n) is 11.0. The van der Waals surface area contributed by atoms with Gasteiger partial charge in [-0.05, 0) is 19.8 Å². The van der Waals surface area contributed by atoms with Crippen LogP contribution in [0.25, 0.3) is 0 Å². The van der Waals surface area contributed by atoms with Crippen molar-refractivity contribution in [3.63, 3.8) is 0 Å². The molecular formula is C10H17NO8S. The van der Waals surface area contributed by atoms with E-state index < -0.39 is 39.2 Å². The number of nitrogens with one attached hydrogen (secondary N) is 1. The Bertz CT molecular complexity index is 472. The Kier molecular flexibility index (Phi) is 7.14. The minimum atomic E-state index is -4.22. The van der Waals surface area contributed by atoms with Crippen LogP contribution < -0.4 is 4.72 Å². The van der Waals surface area contributed by atoms with Gasteiger partial charge in [0.1, 0.15) is 6.04 Å². The second-order valence-electron chi connectivity index (χ2n) is 4.01. The molecule has 0 rings (SSSR count). The molecule has 9 nitrogen and oxygen atoms in total. The first-order chi connectivity index (χ1) is 9.11. The molecule has 0 fully saturated rings. The molecule has 0 aromatic heterocycles. The van der Waals surface area contributed by atoms with Gasteiger partial charge in [-0.3, -0.25) is 14.4 Å². The maximum absolute atomic E-state index is 11.8. The van der Waals surface area contributed by atoms with Gasteiger partial charge >= 0.3 is 17.9 Å². The van der Waals surface area contributed by atoms with E-state index in [0.29, 0.717) is 0 Å². The van der Waals surface area contributed by atoms with Gasteiger partial charge in [-0.2, -0.15) is 0 Å². The summed E-state index contributed by atoms with van der Waals surface area (Å²) in [6.45, 7) is 1.06. The number of esters is 1. The molecule has 0 heterocycles. The van der Waals surface area contributed by atoms with Gasteiger partial charge in [-0.25, -0.2) is 13.1 Å². The molecular weight excluding hydrogens is 294 g/mol. The summed E-state index contributed by atoms with van der Waals surface area (Å²) >= 11 is 0. The fourth-order valence-electron chi connectivity index (χ4n) is 1.28. The van der Waals surface area contributed by atoms with E-state index in [-0.39, 0.29) is 19.3 Å². The van der Waals surface area contributed by atoms with E-state index in [2.05, 4.69) is 4.74 Å². The lowest BCUT2D eigenvalue weighted by Gasteiger charge is -2.17. The van der Waals surface area contributed by atoms with Crippen LogP contribution in [0.1, 0.15) is 26.2 Å². The summed E-state index contributed by atoms with van der Waals surface area (Å²) in [6, 6.07) is -1.49. The molecule has 0 saturated heterocycles. The number of sulfonamides is 1. The molecule has 0 spiro atoms. The number of hydrogen-bond acceptors (Lipinski definition) is 6. The van der Waals surface area contributed by atoms with Gasteiger partial charge in [0.15, 0.2) is 5.25 Å². The van der Waals surface area contributed by atoms with E-state index in [4.69, 9.17) is 10.2 Å². The van der Waals surface area contributed by atoms with Crippen molar-refractivity contribution < 1.29 is 37.8 Å². The Labute approximate surface area is 116 Å². The van der Waals surface area contributed by atoms with Crippen molar-refractivity contribution in [2.24, 2.45) is 0 Å². The maximum atomic E-state index is 11.8. The first-order valence-corrected chi connectivity index (χ1v) is 7.20. The normalized spacial score (nSPS) is 14.3. The summed E-state index contributed by atoms with van der Waals surface area (Å²) < 4.78 is 29.6. The van der Waals surface area contributed by atoms with Crippen LogP contribution >= 0.6 is 0 Å². The van der Waals surface area contributed by atoms with Crippen molar-refractivity contribution in [3.05, 3.63) is 0 Å². The third-order valence-electron chi connectivity index (χ3n) is 2.49. The lowest BCUT2D eigenvalue weighted by Crippen LogP contribution is -2.46. The number of aliphatic carboxylic acids is 2. The zero-order chi connectivity index (χ0) is 15.9. The minimum absolute atomic E-state index is 0.0125. The summed E-state index contributed by atoms with van der Waals surface area (Å²) in [6.07, 6.45) is -0.492. The van der Waals surface area contributed by atoms with Crippen molar-refractivity contribution in [3.8, 4) is 0 Å². The predicted molar refractivity (Wildman–Crippen MR) is 66.4 cm³/mol. The summed E-state index contributed by atoms with van der Waals surface area (Å²) in [5.74, 6) is -3.58. The van der Waals surface area contributed by atoms with Crippen molar-refractivity contribution >= 4 is 27.9 Å². The van der Waals surface area contributed by atoms with E-state index in [1.807, 2.05) is 4.72 Å². The van der Waals surface area contributed by atoms with Crippen molar-refractivity contribution in [2.75, 3.05) is 7.11 Å². The van der Waals surface area contributed by atoms with Crippen LogP contribution in [0.4, 0.5) is 0 Å². The average Bonchev–Trinajstić information content (AvgIpc) is 2.34. The van der Waals surface area contributed by atoms with Crippen LogP contribution in [-0.4, -0.2) is 54.9 Å². The van der Waals surface area contributed by atoms with Crippen LogP contribution in [0.2, 0.25) is 0 Å². The highest BCUT2D eigenvalue weighted by molar-refractivity contribution is 7.90. The minimum Gasteiger partial charge on any atom is -0.481 e. The number of carboxylic acid groups (broad SMARTS) is 2. The second-order valence-corrected chi connectivity index (χ2v) is 6.04. The van der Waals surface area contributed by atoms with Gasteiger partial charge in [0.2, 0.25) is 10.0 Å². The Morgan fingerprint density at radius 2 is 1.80 bits per heavy atom. The van der Waals surface area contributed by atoms with Crippen molar-refractivity contribution in [2.45, 2.75) is 37.5 Å². The number of methoxy groups -OCH3 is 1. The molecule has 20 heavy (non-hydrogen) atoms. The van der Waals surface area contributed by atoms with Crippen molar-refractivity contribution in [1.29, 1.82) is 0 Å². The van der Waals surface area contributed by atoms with Gasteiger partial charge in [0, 0.05) is 6.42 Å². The molecule has 0 aliphatic heterocycles. The molecule has 10 heteroatoms. The second kappa shape index (κ2) is 7.80. The third kappa shape index (κ3) is 5.97. The molecule has 3 N–H and O–H groups in total. The predicted octanol–water partition coefficient (Wildman–Crippen LogP) is -0.825. The lowest BCUT2D eigenvalue weighted by atomic mass is 10.1. The summed E-state index contributed by atoms with van der Waals surface area (Å²) in [5, 5.41) is 15.8. The number of rotatable bonds is 9. The first-order valence-electron chi connectivity index (χ1n) is 5.65. The highest BCUT2D eigenvalue weighted by atomic mass is 32.2. The van der Waals surface area contributed by atoms with Crippen LogP contribution in [-0.2, 0) is 29.1 Å². The molecule has 2 atom stereocenters. The average molecular weight is 311 g/mol. The molecule has 0 aliphatic rings. The van der Waals surface area contributed by atoms with Crippen molar-refractivity contribution in [1.82, 2.24) is 4.72 Å². The SMILES string of the molecule is COC(=O)C(C)S(=O)(=O)N[C@H](CCCC(=O)O)C(=O)O. The molecule has 0 aromatic carbocycles. The van der Waals surface area contributed by atoms with Crippen LogP contribution in [0, 0.1) is 0 Å². The molecule has 0 radical (unpaired) electrons. The van der Waals surface area contributed by atoms with Gasteiger partial charge in [-0.1, -0.05) is 0 Å². The van der Waals surface area contributed by atoms with Gasteiger partial charge in [0.05, 0.1) is 7.11 Å². The molecule has 0 bridgehead atoms. The highest BCUT2D eigenvalue weighted by Gasteiger charge is 2.33. The lowest BCUT2D eigenvalue weighted by molar-refractivity contribution is -0.141. The fraction of sp³-hybridized carbons (Fsp3) is 0.700. The number of ether oxygens (including phenoxy) is 1. The van der Waals surface area contributed by atoms with Gasteiger partial charge < -0.3 is 14.9 Å². The van der Waals surface area contributed by atoms with Crippen LogP contribution in [0.5, 0.6) is 0 Å². The fourth-order valence-corrected chi connectivity index (χ4v) is 2.45. The Morgan fingerprint density at radius 1 is 1.25 bits per heavy atom. The zero-order valence-corrected chi connectivity index (χ0v) is 11.8. The van der Waals surface area contributed by atoms with Gasteiger partial charge in [0.25, 0.3) is 0 Å². The smallest absolute Gasteiger partial charge is 0.325 e. The summed E-state index contributed by atoms with van der Waals surface area (Å²) in [7, 11) is -3.21. The number of carbonyl (C=O) groups excluding carboxylic acids is 1. The quantitative estimate of drug-likeness (QED) is 0.468. The van der Waals surface area contributed by atoms with Crippen LogP contribution in [0.15, 0.2) is 0 Å². The Balaban J connectivity index is 4.77.